The molecule has 0 spiro atoms. The van der Waals surface area contributed by atoms with E-state index in [0.29, 0.717) is 56.8 Å². The number of unbranched alkanes of at least 4 members (excludes halogenated alkanes) is 1. The molecule has 3 rings (SSSR count). The molecule has 13 nitrogen and oxygen atoms in total. The normalized spacial score (nSPS) is 12.4. The van der Waals surface area contributed by atoms with Gasteiger partial charge in [-0.2, -0.15) is 24.9 Å². The van der Waals surface area contributed by atoms with Crippen LogP contribution in [-0.4, -0.2) is 101 Å². The number of carboxylic acid groups (broad SMARTS) is 1. The molecule has 61 heavy (non-hydrogen) atoms. The Labute approximate surface area is 357 Å². The summed E-state index contributed by atoms with van der Waals surface area (Å²) in [7, 11) is 0. The molecule has 0 unspecified atom stereocenters. The summed E-state index contributed by atoms with van der Waals surface area (Å²) in [6, 6.07) is 13.9. The molecule has 0 radical (unpaired) electrons. The van der Waals surface area contributed by atoms with Crippen LogP contribution in [0.25, 0.3) is 11.1 Å². The van der Waals surface area contributed by atoms with Gasteiger partial charge in [-0.3, -0.25) is 19.2 Å². The summed E-state index contributed by atoms with van der Waals surface area (Å²) in [6.07, 6.45) is -0.612. The number of nitrogens with one attached hydrogen (secondary N) is 3. The van der Waals surface area contributed by atoms with Gasteiger partial charge >= 0.3 is 12.1 Å². The lowest BCUT2D eigenvalue weighted by molar-refractivity contribution is -0.192. The molecule has 1 aromatic heterocycles. The van der Waals surface area contributed by atoms with Crippen LogP contribution in [-0.2, 0) is 30.5 Å². The lowest BCUT2D eigenvalue weighted by Crippen LogP contribution is -2.47. The number of aromatic nitrogens is 1. The van der Waals surface area contributed by atoms with Crippen molar-refractivity contribution in [3.63, 3.8) is 0 Å². The number of nitrogens with zero attached hydrogens (tertiary/aromatic N) is 2. The molecule has 2 atom stereocenters. The second-order valence-electron chi connectivity index (χ2n) is 15.2. The van der Waals surface area contributed by atoms with Crippen molar-refractivity contribution in [3.8, 4) is 11.1 Å². The van der Waals surface area contributed by atoms with Gasteiger partial charge in [0.1, 0.15) is 17.7 Å². The number of halogens is 5. The van der Waals surface area contributed by atoms with Gasteiger partial charge in [-0.15, -0.1) is 0 Å². The summed E-state index contributed by atoms with van der Waals surface area (Å²) in [5.41, 5.74) is 13.4. The van der Waals surface area contributed by atoms with Crippen molar-refractivity contribution in [2.75, 3.05) is 44.2 Å². The smallest absolute Gasteiger partial charge is 0.475 e. The molecule has 0 saturated carbocycles. The molecular formula is C42H58F5N7O6S. The van der Waals surface area contributed by atoms with Crippen molar-refractivity contribution in [2.24, 2.45) is 16.9 Å². The van der Waals surface area contributed by atoms with E-state index >= 15 is 4.39 Å². The first kappa shape index (κ1) is 52.1. The Bertz CT molecular complexity index is 1870. The highest BCUT2D eigenvalue weighted by Gasteiger charge is 2.38. The Morgan fingerprint density at radius 1 is 0.902 bits per heavy atom. The Kier molecular flexibility index (Phi) is 22.0. The molecule has 3 aromatic rings. The van der Waals surface area contributed by atoms with Crippen molar-refractivity contribution < 1.29 is 51.0 Å². The first-order valence-electron chi connectivity index (χ1n) is 19.8. The minimum absolute atomic E-state index is 0.123. The summed E-state index contributed by atoms with van der Waals surface area (Å²) in [4.78, 5) is 61.4. The number of alkyl halides is 3. The molecular weight excluding hydrogens is 826 g/mol. The molecule has 4 amide bonds. The van der Waals surface area contributed by atoms with E-state index in [0.717, 1.165) is 29.8 Å². The number of thioether (sulfide) groups is 1. The highest BCUT2D eigenvalue weighted by atomic mass is 32.2. The number of amides is 4. The van der Waals surface area contributed by atoms with Gasteiger partial charge in [0.15, 0.2) is 0 Å². The first-order chi connectivity index (χ1) is 28.7. The van der Waals surface area contributed by atoms with E-state index in [2.05, 4.69) is 16.0 Å². The number of hydrogen-bond donors (Lipinski definition) is 6. The second-order valence-corrected chi connectivity index (χ2v) is 16.3. The van der Waals surface area contributed by atoms with Crippen molar-refractivity contribution in [1.82, 2.24) is 25.4 Å². The Morgan fingerprint density at radius 2 is 1.54 bits per heavy atom. The van der Waals surface area contributed by atoms with E-state index in [4.69, 9.17) is 21.4 Å². The minimum atomic E-state index is -5.08. The topological polar surface area (TPSA) is 202 Å². The molecule has 1 heterocycles. The quantitative estimate of drug-likeness (QED) is 0.0567. The first-order valence-corrected chi connectivity index (χ1v) is 20.9. The molecule has 0 bridgehead atoms. The van der Waals surface area contributed by atoms with Gasteiger partial charge < -0.3 is 42.0 Å². The molecule has 8 N–H and O–H groups in total. The third-order valence-electron chi connectivity index (χ3n) is 9.03. The summed E-state index contributed by atoms with van der Waals surface area (Å²) < 4.78 is 63.1. The van der Waals surface area contributed by atoms with Crippen LogP contribution in [0.2, 0.25) is 0 Å². The fraction of sp³-hybridized carbons (Fsp3) is 0.500. The molecule has 0 fully saturated rings. The van der Waals surface area contributed by atoms with Gasteiger partial charge in [0.25, 0.3) is 0 Å². The van der Waals surface area contributed by atoms with Crippen molar-refractivity contribution in [3.05, 3.63) is 83.7 Å². The molecule has 0 saturated heterocycles. The van der Waals surface area contributed by atoms with Crippen LogP contribution in [0.1, 0.15) is 77.1 Å². The summed E-state index contributed by atoms with van der Waals surface area (Å²) >= 11 is 1.35. The Hall–Kier alpha value is -5.01. The van der Waals surface area contributed by atoms with Crippen molar-refractivity contribution in [1.29, 1.82) is 0 Å². The highest BCUT2D eigenvalue weighted by molar-refractivity contribution is 7.99. The van der Waals surface area contributed by atoms with E-state index < -0.39 is 41.3 Å². The number of carboxylic acids is 1. The summed E-state index contributed by atoms with van der Waals surface area (Å²) in [5, 5.41) is 15.3. The van der Waals surface area contributed by atoms with Crippen LogP contribution >= 0.6 is 11.8 Å². The average Bonchev–Trinajstić information content (AvgIpc) is 3.58. The Morgan fingerprint density at radius 3 is 2.13 bits per heavy atom. The zero-order valence-electron chi connectivity index (χ0n) is 35.0. The summed E-state index contributed by atoms with van der Waals surface area (Å²) in [6.45, 7) is 9.64. The van der Waals surface area contributed by atoms with E-state index in [1.807, 2.05) is 72.8 Å². The SMILES string of the molecule is CC(=O)N[C@@H](CCCCN)C(=O)NCCNC(=O)CCSCC(=O)N(CCCN)[C@@H](c1cc(-c2cc(F)ccc2F)cn1Cc1ccccc1)C(C)(C)C.O=C(O)C(F)(F)F. The third-order valence-corrected chi connectivity index (χ3v) is 9.97. The van der Waals surface area contributed by atoms with Gasteiger partial charge in [-0.05, 0) is 74.0 Å². The number of aliphatic carboxylic acids is 1. The van der Waals surface area contributed by atoms with Gasteiger partial charge in [0, 0.05) is 68.3 Å². The van der Waals surface area contributed by atoms with Crippen molar-refractivity contribution >= 4 is 41.4 Å². The fourth-order valence-electron chi connectivity index (χ4n) is 6.28. The lowest BCUT2D eigenvalue weighted by Gasteiger charge is -2.41. The van der Waals surface area contributed by atoms with E-state index in [9.17, 15) is 36.7 Å². The van der Waals surface area contributed by atoms with Crippen LogP contribution in [0, 0.1) is 17.0 Å². The zero-order chi connectivity index (χ0) is 45.8. The monoisotopic (exact) mass is 883 g/mol. The lowest BCUT2D eigenvalue weighted by atomic mass is 9.83. The third kappa shape index (κ3) is 18.7. The van der Waals surface area contributed by atoms with Crippen LogP contribution in [0.15, 0.2) is 60.8 Å². The number of hydrogen-bond acceptors (Lipinski definition) is 8. The predicted octanol–water partition coefficient (Wildman–Crippen LogP) is 5.37. The second kappa shape index (κ2) is 25.7. The number of rotatable bonds is 22. The van der Waals surface area contributed by atoms with Crippen LogP contribution in [0.5, 0.6) is 0 Å². The van der Waals surface area contributed by atoms with Crippen LogP contribution in [0.4, 0.5) is 22.0 Å². The highest BCUT2D eigenvalue weighted by Crippen LogP contribution is 2.41. The zero-order valence-corrected chi connectivity index (χ0v) is 35.8. The molecule has 338 valence electrons. The van der Waals surface area contributed by atoms with E-state index in [1.165, 1.54) is 24.8 Å². The van der Waals surface area contributed by atoms with Gasteiger partial charge in [0.2, 0.25) is 23.6 Å². The number of nitrogens with two attached hydrogens (primary N) is 2. The molecule has 0 aliphatic carbocycles. The summed E-state index contributed by atoms with van der Waals surface area (Å²) in [5.74, 6) is -4.28. The fourth-order valence-corrected chi connectivity index (χ4v) is 7.10. The van der Waals surface area contributed by atoms with Gasteiger partial charge in [-0.25, -0.2) is 13.6 Å². The number of carbonyl (C=O) groups is 5. The van der Waals surface area contributed by atoms with E-state index in [1.54, 1.807) is 0 Å². The van der Waals surface area contributed by atoms with E-state index in [-0.39, 0.29) is 54.5 Å². The largest absolute Gasteiger partial charge is 0.490 e. The van der Waals surface area contributed by atoms with Crippen molar-refractivity contribution in [2.45, 2.75) is 84.6 Å². The van der Waals surface area contributed by atoms with Gasteiger partial charge in [0.05, 0.1) is 11.8 Å². The molecule has 19 heteroatoms. The Balaban J connectivity index is 0.00000168. The standard InChI is InChI=1S/C40H57F2N7O4S.C2HF3O2/c1-28(50)47-34(13-8-9-17-43)39(53)46-20-19-45-36(51)16-22-54-27-37(52)49(21-10-18-44)38(40(2,3)4)35-23-30(32-24-31(41)14-15-33(32)42)26-48(35)25-29-11-6-5-7-12-29;3-2(4,5)1(6)7/h5-7,11-12,14-15,23-24,26,34,38H,8-10,13,16-22,25,27,43-44H2,1-4H3,(H,45,51)(H,46,53)(H,47,50);(H,6,7)/t34-,38-;/m0./s1. The predicted molar refractivity (Wildman–Crippen MR) is 225 cm³/mol. The molecule has 0 aliphatic rings. The average molecular weight is 884 g/mol. The maximum Gasteiger partial charge on any atom is 0.490 e. The minimum Gasteiger partial charge on any atom is -0.475 e. The molecule has 2 aromatic carbocycles. The number of carbonyl (C=O) groups excluding carboxylic acids is 4. The molecule has 0 aliphatic heterocycles. The van der Waals surface area contributed by atoms with Crippen LogP contribution in [0.3, 0.4) is 0 Å². The maximum absolute atomic E-state index is 15.1. The number of benzene rings is 2. The van der Waals surface area contributed by atoms with Gasteiger partial charge in [-0.1, -0.05) is 51.1 Å². The van der Waals surface area contributed by atoms with Crippen LogP contribution < -0.4 is 27.4 Å². The maximum atomic E-state index is 15.1.